The topological polar surface area (TPSA) is 38.4 Å². The molecule has 3 heteroatoms. The highest BCUT2D eigenvalue weighted by Gasteiger charge is 2.10. The number of allylic oxidation sites excluding steroid dienone is 1. The molecule has 0 saturated heterocycles. The van der Waals surface area contributed by atoms with Crippen LogP contribution in [0.25, 0.3) is 0 Å². The zero-order valence-electron chi connectivity index (χ0n) is 14.1. The van der Waals surface area contributed by atoms with Crippen LogP contribution in [0.3, 0.4) is 0 Å². The number of halogens is 1. The fourth-order valence-electron chi connectivity index (χ4n) is 2.24. The number of hydrogen-bond acceptors (Lipinski definition) is 2. The third-order valence-corrected chi connectivity index (χ3v) is 4.01. The van der Waals surface area contributed by atoms with Crippen LogP contribution >= 0.6 is 0 Å². The number of benzene rings is 1. The van der Waals surface area contributed by atoms with Gasteiger partial charge in [0.15, 0.2) is 0 Å². The molecule has 0 aromatic heterocycles. The minimum absolute atomic E-state index is 0.118. The summed E-state index contributed by atoms with van der Waals surface area (Å²) in [7, 11) is 0. The monoisotopic (exact) mass is 304 g/mol. The van der Waals surface area contributed by atoms with Crippen LogP contribution in [0.15, 0.2) is 35.5 Å². The van der Waals surface area contributed by atoms with Crippen molar-refractivity contribution in [1.82, 2.24) is 0 Å². The van der Waals surface area contributed by atoms with Gasteiger partial charge >= 0.3 is 0 Å². The van der Waals surface area contributed by atoms with Gasteiger partial charge in [0.1, 0.15) is 5.82 Å². The Morgan fingerprint density at radius 2 is 2.09 bits per heavy atom. The van der Waals surface area contributed by atoms with Crippen molar-refractivity contribution in [2.45, 2.75) is 52.4 Å². The molecule has 2 nitrogen and oxygen atoms in total. The lowest BCUT2D eigenvalue weighted by molar-refractivity contribution is 0.577. The van der Waals surface area contributed by atoms with E-state index in [1.54, 1.807) is 6.07 Å². The van der Waals surface area contributed by atoms with Gasteiger partial charge in [-0.25, -0.2) is 4.39 Å². The summed E-state index contributed by atoms with van der Waals surface area (Å²) in [5.74, 6) is 0.640. The second-order valence-electron chi connectivity index (χ2n) is 5.93. The van der Waals surface area contributed by atoms with Crippen LogP contribution in [0.4, 0.5) is 4.39 Å². The summed E-state index contributed by atoms with van der Waals surface area (Å²) in [5, 5.41) is 0. The van der Waals surface area contributed by atoms with Crippen LogP contribution in [0.2, 0.25) is 0 Å². The summed E-state index contributed by atoms with van der Waals surface area (Å²) in [6.45, 7) is 6.94. The van der Waals surface area contributed by atoms with Gasteiger partial charge in [-0.1, -0.05) is 45.4 Å². The molecule has 0 amide bonds. The Hall–Kier alpha value is -1.48. The Kier molecular flexibility index (Phi) is 8.68. The van der Waals surface area contributed by atoms with Crippen molar-refractivity contribution in [3.05, 3.63) is 47.4 Å². The van der Waals surface area contributed by atoms with Crippen LogP contribution < -0.4 is 5.73 Å². The molecule has 1 aromatic carbocycles. The molecule has 2 unspecified atom stereocenters. The van der Waals surface area contributed by atoms with E-state index >= 15 is 0 Å². The normalized spacial score (nSPS) is 14.8. The quantitative estimate of drug-likeness (QED) is 0.651. The first-order valence-electron chi connectivity index (χ1n) is 8.25. The van der Waals surface area contributed by atoms with Crippen LogP contribution in [-0.2, 0) is 6.42 Å². The lowest BCUT2D eigenvalue weighted by Gasteiger charge is -2.12. The first-order valence-corrected chi connectivity index (χ1v) is 8.25. The molecule has 0 aliphatic rings. The van der Waals surface area contributed by atoms with Crippen molar-refractivity contribution >= 4 is 6.21 Å². The van der Waals surface area contributed by atoms with Gasteiger partial charge in [-0.05, 0) is 54.8 Å². The van der Waals surface area contributed by atoms with E-state index in [0.717, 1.165) is 36.8 Å². The molecular formula is C19H29FN2. The molecule has 0 radical (unpaired) electrons. The molecule has 0 spiro atoms. The molecule has 0 saturated carbocycles. The molecule has 0 aliphatic carbocycles. The molecule has 22 heavy (non-hydrogen) atoms. The highest BCUT2D eigenvalue weighted by atomic mass is 19.1. The van der Waals surface area contributed by atoms with E-state index in [9.17, 15) is 4.39 Å². The minimum Gasteiger partial charge on any atom is -0.330 e. The fraction of sp³-hybridized carbons (Fsp3) is 0.526. The molecule has 122 valence electrons. The Balaban J connectivity index is 2.47. The van der Waals surface area contributed by atoms with E-state index in [-0.39, 0.29) is 11.7 Å². The summed E-state index contributed by atoms with van der Waals surface area (Å²) in [4.78, 5) is 4.27. The van der Waals surface area contributed by atoms with Crippen LogP contribution in [-0.4, -0.2) is 12.8 Å². The van der Waals surface area contributed by atoms with Gasteiger partial charge in [-0.3, -0.25) is 4.99 Å². The predicted molar refractivity (Wildman–Crippen MR) is 93.9 cm³/mol. The molecule has 0 heterocycles. The molecule has 0 bridgehead atoms. The van der Waals surface area contributed by atoms with E-state index in [0.29, 0.717) is 12.5 Å². The van der Waals surface area contributed by atoms with Gasteiger partial charge in [-0.2, -0.15) is 0 Å². The number of nitrogens with zero attached hydrogens (tertiary/aromatic N) is 1. The van der Waals surface area contributed by atoms with Crippen LogP contribution in [0.1, 0.15) is 57.1 Å². The average molecular weight is 304 g/mol. The Morgan fingerprint density at radius 3 is 2.73 bits per heavy atom. The number of aliphatic imine (C=N–C) groups is 1. The van der Waals surface area contributed by atoms with E-state index in [1.165, 1.54) is 0 Å². The lowest BCUT2D eigenvalue weighted by Crippen LogP contribution is -2.04. The predicted octanol–water partition coefficient (Wildman–Crippen LogP) is 4.84. The highest BCUT2D eigenvalue weighted by molar-refractivity contribution is 5.58. The maximum atomic E-state index is 14.1. The molecule has 2 atom stereocenters. The van der Waals surface area contributed by atoms with E-state index < -0.39 is 0 Å². The van der Waals surface area contributed by atoms with Crippen molar-refractivity contribution in [2.24, 2.45) is 16.6 Å². The molecular weight excluding hydrogens is 275 g/mol. The smallest absolute Gasteiger partial charge is 0.126 e. The minimum atomic E-state index is -0.118. The van der Waals surface area contributed by atoms with Crippen molar-refractivity contribution in [3.8, 4) is 0 Å². The maximum Gasteiger partial charge on any atom is 0.126 e. The maximum absolute atomic E-state index is 14.1. The van der Waals surface area contributed by atoms with Crippen LogP contribution in [0.5, 0.6) is 0 Å². The van der Waals surface area contributed by atoms with Gasteiger partial charge in [-0.15, -0.1) is 0 Å². The number of hydrogen-bond donors (Lipinski definition) is 1. The van der Waals surface area contributed by atoms with Crippen molar-refractivity contribution in [1.29, 1.82) is 0 Å². The van der Waals surface area contributed by atoms with E-state index in [1.807, 2.05) is 24.5 Å². The molecule has 1 rings (SSSR count). The molecule has 1 aromatic rings. The second kappa shape index (κ2) is 10.3. The van der Waals surface area contributed by atoms with Crippen LogP contribution in [0, 0.1) is 11.7 Å². The number of nitrogens with two attached hydrogens (primary N) is 1. The highest BCUT2D eigenvalue weighted by Crippen LogP contribution is 2.24. The SMILES string of the molecule is CCC(C)/C=C\N=C/CCC(C)c1ccc(CCN)cc1F. The second-order valence-corrected chi connectivity index (χ2v) is 5.93. The first kappa shape index (κ1) is 18.6. The molecule has 0 aliphatic heterocycles. The zero-order chi connectivity index (χ0) is 16.4. The van der Waals surface area contributed by atoms with E-state index in [2.05, 4.69) is 31.8 Å². The molecule has 2 N–H and O–H groups in total. The van der Waals surface area contributed by atoms with E-state index in [4.69, 9.17) is 5.73 Å². The standard InChI is InChI=1S/C19H29FN2/c1-4-15(2)10-13-22-12-5-6-16(3)18-8-7-17(9-11-21)14-19(18)20/h7-8,10,12-16H,4-6,9,11,21H2,1-3H3/b13-10-,22-12-. The summed E-state index contributed by atoms with van der Waals surface area (Å²) in [6.07, 6.45) is 9.49. The summed E-state index contributed by atoms with van der Waals surface area (Å²) in [5.41, 5.74) is 7.25. The Bertz CT molecular complexity index is 494. The summed E-state index contributed by atoms with van der Waals surface area (Å²) in [6, 6.07) is 5.48. The average Bonchev–Trinajstić information content (AvgIpc) is 2.50. The van der Waals surface area contributed by atoms with Gasteiger partial charge in [0.2, 0.25) is 0 Å². The number of rotatable bonds is 9. The first-order chi connectivity index (χ1) is 10.6. The summed E-state index contributed by atoms with van der Waals surface area (Å²) >= 11 is 0. The fourth-order valence-corrected chi connectivity index (χ4v) is 2.24. The Morgan fingerprint density at radius 1 is 1.32 bits per heavy atom. The largest absolute Gasteiger partial charge is 0.330 e. The van der Waals surface area contributed by atoms with Crippen molar-refractivity contribution < 1.29 is 4.39 Å². The third kappa shape index (κ3) is 6.52. The zero-order valence-corrected chi connectivity index (χ0v) is 14.1. The van der Waals surface area contributed by atoms with Crippen molar-refractivity contribution in [2.75, 3.05) is 6.54 Å². The van der Waals surface area contributed by atoms with Gasteiger partial charge in [0, 0.05) is 12.4 Å². The molecule has 0 fully saturated rings. The third-order valence-electron chi connectivity index (χ3n) is 4.01. The van der Waals surface area contributed by atoms with Crippen molar-refractivity contribution in [3.63, 3.8) is 0 Å². The Labute approximate surface area is 134 Å². The summed E-state index contributed by atoms with van der Waals surface area (Å²) < 4.78 is 14.1. The van der Waals surface area contributed by atoms with Gasteiger partial charge in [0.25, 0.3) is 0 Å². The lowest BCUT2D eigenvalue weighted by atomic mass is 9.94. The van der Waals surface area contributed by atoms with Gasteiger partial charge < -0.3 is 5.73 Å². The van der Waals surface area contributed by atoms with Gasteiger partial charge in [0.05, 0.1) is 0 Å².